The van der Waals surface area contributed by atoms with Crippen LogP contribution in [0.25, 0.3) is 0 Å². The van der Waals surface area contributed by atoms with Crippen LogP contribution in [0.1, 0.15) is 51.3 Å². The molecule has 3 aromatic rings. The van der Waals surface area contributed by atoms with E-state index in [0.717, 1.165) is 17.0 Å². The minimum Gasteiger partial charge on any atom is -0.361 e. The summed E-state index contributed by atoms with van der Waals surface area (Å²) in [5.74, 6) is 0.391. The molecule has 0 fully saturated rings. The van der Waals surface area contributed by atoms with E-state index in [1.54, 1.807) is 6.92 Å². The Morgan fingerprint density at radius 2 is 1.92 bits per heavy atom. The molecule has 3 rings (SSSR count). The molecule has 0 saturated heterocycles. The van der Waals surface area contributed by atoms with Crippen LogP contribution in [-0.2, 0) is 19.5 Å². The van der Waals surface area contributed by atoms with E-state index in [1.807, 2.05) is 43.7 Å². The number of benzene rings is 1. The summed E-state index contributed by atoms with van der Waals surface area (Å²) < 4.78 is 7.13. The summed E-state index contributed by atoms with van der Waals surface area (Å²) in [4.78, 5) is 12.6. The summed E-state index contributed by atoms with van der Waals surface area (Å²) in [6.45, 7) is 8.86. The van der Waals surface area contributed by atoms with Gasteiger partial charge in [0, 0.05) is 17.8 Å². The Hall–Kier alpha value is -2.89. The van der Waals surface area contributed by atoms with Crippen LogP contribution in [0, 0.1) is 20.8 Å². The lowest BCUT2D eigenvalue weighted by Gasteiger charge is -2.07. The zero-order valence-corrected chi connectivity index (χ0v) is 15.7. The highest BCUT2D eigenvalue weighted by Crippen LogP contribution is 2.17. The molecule has 26 heavy (non-hydrogen) atoms. The standard InChI is InChI=1S/C20H24N4O2/c1-5-18-19(15(4)26-23-18)20(25)21-11-17-13(2)22-24(14(17)3)12-16-9-7-6-8-10-16/h6-10H,5,11-12H2,1-4H3,(H,21,25). The molecular formula is C20H24N4O2. The average Bonchev–Trinajstić information content (AvgIpc) is 3.14. The van der Waals surface area contributed by atoms with E-state index in [2.05, 4.69) is 27.7 Å². The van der Waals surface area contributed by atoms with Crippen LogP contribution < -0.4 is 5.32 Å². The summed E-state index contributed by atoms with van der Waals surface area (Å²) in [6.07, 6.45) is 0.660. The molecule has 0 saturated carbocycles. The molecule has 1 aromatic carbocycles. The van der Waals surface area contributed by atoms with Gasteiger partial charge in [-0.3, -0.25) is 9.48 Å². The van der Waals surface area contributed by atoms with Crippen LogP contribution >= 0.6 is 0 Å². The molecule has 1 amide bonds. The number of nitrogens with one attached hydrogen (secondary N) is 1. The minimum absolute atomic E-state index is 0.157. The molecule has 0 aliphatic rings. The van der Waals surface area contributed by atoms with Gasteiger partial charge in [-0.05, 0) is 32.8 Å². The van der Waals surface area contributed by atoms with E-state index >= 15 is 0 Å². The summed E-state index contributed by atoms with van der Waals surface area (Å²) in [5, 5.41) is 11.6. The van der Waals surface area contributed by atoms with E-state index < -0.39 is 0 Å². The number of amides is 1. The van der Waals surface area contributed by atoms with Gasteiger partial charge in [-0.15, -0.1) is 0 Å². The fraction of sp³-hybridized carbons (Fsp3) is 0.350. The van der Waals surface area contributed by atoms with Crippen molar-refractivity contribution >= 4 is 5.91 Å². The largest absolute Gasteiger partial charge is 0.361 e. The number of hydrogen-bond donors (Lipinski definition) is 1. The number of carbonyl (C=O) groups excluding carboxylic acids is 1. The predicted molar refractivity (Wildman–Crippen MR) is 99.0 cm³/mol. The molecule has 0 aliphatic heterocycles. The maximum absolute atomic E-state index is 12.6. The predicted octanol–water partition coefficient (Wildman–Crippen LogP) is 3.34. The molecule has 6 nitrogen and oxygen atoms in total. The lowest BCUT2D eigenvalue weighted by atomic mass is 10.1. The third kappa shape index (κ3) is 3.54. The van der Waals surface area contributed by atoms with E-state index in [1.165, 1.54) is 5.56 Å². The van der Waals surface area contributed by atoms with Crippen molar-refractivity contribution < 1.29 is 9.32 Å². The number of rotatable bonds is 6. The highest BCUT2D eigenvalue weighted by molar-refractivity contribution is 5.96. The summed E-state index contributed by atoms with van der Waals surface area (Å²) in [7, 11) is 0. The van der Waals surface area contributed by atoms with Crippen LogP contribution in [0.15, 0.2) is 34.9 Å². The Labute approximate surface area is 153 Å². The topological polar surface area (TPSA) is 73.0 Å². The average molecular weight is 352 g/mol. The van der Waals surface area contributed by atoms with Crippen LogP contribution in [-0.4, -0.2) is 20.8 Å². The zero-order chi connectivity index (χ0) is 18.7. The highest BCUT2D eigenvalue weighted by atomic mass is 16.5. The van der Waals surface area contributed by atoms with Gasteiger partial charge in [0.1, 0.15) is 11.3 Å². The first-order valence-corrected chi connectivity index (χ1v) is 8.81. The molecule has 2 aromatic heterocycles. The lowest BCUT2D eigenvalue weighted by Crippen LogP contribution is -2.24. The van der Waals surface area contributed by atoms with Crippen molar-refractivity contribution in [2.45, 2.75) is 47.2 Å². The zero-order valence-electron chi connectivity index (χ0n) is 15.7. The third-order valence-electron chi connectivity index (χ3n) is 4.63. The molecule has 6 heteroatoms. The minimum atomic E-state index is -0.157. The lowest BCUT2D eigenvalue weighted by molar-refractivity contribution is 0.0948. The molecule has 0 atom stereocenters. The van der Waals surface area contributed by atoms with Crippen molar-refractivity contribution in [3.63, 3.8) is 0 Å². The Balaban J connectivity index is 1.74. The first-order chi connectivity index (χ1) is 12.5. The van der Waals surface area contributed by atoms with Crippen molar-refractivity contribution in [2.24, 2.45) is 0 Å². The fourth-order valence-corrected chi connectivity index (χ4v) is 3.11. The van der Waals surface area contributed by atoms with Crippen molar-refractivity contribution in [3.05, 3.63) is 69.9 Å². The quantitative estimate of drug-likeness (QED) is 0.738. The smallest absolute Gasteiger partial charge is 0.257 e. The molecule has 0 unspecified atom stereocenters. The molecule has 1 N–H and O–H groups in total. The monoisotopic (exact) mass is 352 g/mol. The number of carbonyl (C=O) groups is 1. The molecule has 0 spiro atoms. The van der Waals surface area contributed by atoms with Gasteiger partial charge in [-0.1, -0.05) is 42.4 Å². The fourth-order valence-electron chi connectivity index (χ4n) is 3.11. The summed E-state index contributed by atoms with van der Waals surface area (Å²) in [6, 6.07) is 10.2. The van der Waals surface area contributed by atoms with Crippen molar-refractivity contribution in [1.29, 1.82) is 0 Å². The second-order valence-electron chi connectivity index (χ2n) is 6.39. The Morgan fingerprint density at radius 3 is 2.62 bits per heavy atom. The molecule has 136 valence electrons. The molecular weight excluding hydrogens is 328 g/mol. The van der Waals surface area contributed by atoms with E-state index in [4.69, 9.17) is 4.52 Å². The maximum atomic E-state index is 12.6. The van der Waals surface area contributed by atoms with Gasteiger partial charge in [0.25, 0.3) is 5.91 Å². The first-order valence-electron chi connectivity index (χ1n) is 8.81. The van der Waals surface area contributed by atoms with Gasteiger partial charge in [-0.2, -0.15) is 5.10 Å². The van der Waals surface area contributed by atoms with Crippen molar-refractivity contribution in [1.82, 2.24) is 20.3 Å². The van der Waals surface area contributed by atoms with Gasteiger partial charge in [0.2, 0.25) is 0 Å². The molecule has 0 bridgehead atoms. The van der Waals surface area contributed by atoms with Crippen molar-refractivity contribution in [3.8, 4) is 0 Å². The van der Waals surface area contributed by atoms with Crippen molar-refractivity contribution in [2.75, 3.05) is 0 Å². The number of aryl methyl sites for hydroxylation is 3. The summed E-state index contributed by atoms with van der Waals surface area (Å²) in [5.41, 5.74) is 5.46. The SMILES string of the molecule is CCc1noc(C)c1C(=O)NCc1c(C)nn(Cc2ccccc2)c1C. The third-order valence-corrected chi connectivity index (χ3v) is 4.63. The second-order valence-corrected chi connectivity index (χ2v) is 6.39. The van der Waals surface area contributed by atoms with Gasteiger partial charge >= 0.3 is 0 Å². The molecule has 0 radical (unpaired) electrons. The highest BCUT2D eigenvalue weighted by Gasteiger charge is 2.20. The van der Waals surface area contributed by atoms with Gasteiger partial charge in [0.05, 0.1) is 17.9 Å². The summed E-state index contributed by atoms with van der Waals surface area (Å²) >= 11 is 0. The van der Waals surface area contributed by atoms with Crippen LogP contribution in [0.5, 0.6) is 0 Å². The first kappa shape index (κ1) is 17.9. The van der Waals surface area contributed by atoms with Gasteiger partial charge in [0.15, 0.2) is 0 Å². The number of hydrogen-bond acceptors (Lipinski definition) is 4. The number of aromatic nitrogens is 3. The maximum Gasteiger partial charge on any atom is 0.257 e. The number of nitrogens with zero attached hydrogens (tertiary/aromatic N) is 3. The van der Waals surface area contributed by atoms with Crippen LogP contribution in [0.3, 0.4) is 0 Å². The second kappa shape index (κ2) is 7.56. The van der Waals surface area contributed by atoms with E-state index in [-0.39, 0.29) is 5.91 Å². The van der Waals surface area contributed by atoms with E-state index in [0.29, 0.717) is 36.5 Å². The van der Waals surface area contributed by atoms with Gasteiger partial charge < -0.3 is 9.84 Å². The van der Waals surface area contributed by atoms with Gasteiger partial charge in [-0.25, -0.2) is 0 Å². The van der Waals surface area contributed by atoms with Crippen LogP contribution in [0.2, 0.25) is 0 Å². The normalized spacial score (nSPS) is 10.9. The Bertz CT molecular complexity index is 910. The Morgan fingerprint density at radius 1 is 1.19 bits per heavy atom. The van der Waals surface area contributed by atoms with Crippen LogP contribution in [0.4, 0.5) is 0 Å². The molecule has 0 aliphatic carbocycles. The molecule has 2 heterocycles. The van der Waals surface area contributed by atoms with E-state index in [9.17, 15) is 4.79 Å². The Kier molecular flexibility index (Phi) is 5.21.